The number of halogens is 2. The number of ether oxygens (including phenoxy) is 2. The molecular weight excluding hydrogens is 591 g/mol. The van der Waals surface area contributed by atoms with Gasteiger partial charge in [-0.2, -0.15) is 10.2 Å². The third-order valence-corrected chi connectivity index (χ3v) is 7.08. The van der Waals surface area contributed by atoms with Crippen molar-refractivity contribution in [1.82, 2.24) is 15.4 Å². The molecule has 3 N–H and O–H groups in total. The highest BCUT2D eigenvalue weighted by Crippen LogP contribution is 2.40. The third kappa shape index (κ3) is 6.22. The van der Waals surface area contributed by atoms with Crippen LogP contribution in [0.3, 0.4) is 0 Å². The molecule has 5 amide bonds. The minimum absolute atomic E-state index is 0.185. The van der Waals surface area contributed by atoms with E-state index in [1.165, 1.54) is 61.9 Å². The number of hydrazone groups is 1. The van der Waals surface area contributed by atoms with Crippen molar-refractivity contribution in [3.63, 3.8) is 0 Å². The summed E-state index contributed by atoms with van der Waals surface area (Å²) in [7, 11) is 2.89. The lowest BCUT2D eigenvalue weighted by Gasteiger charge is -2.38. The zero-order chi connectivity index (χ0) is 30.6. The molecule has 4 rings (SSSR count). The van der Waals surface area contributed by atoms with Crippen LogP contribution in [0.4, 0.5) is 21.0 Å². The molecule has 0 spiro atoms. The molecule has 1 aliphatic rings. The number of hydrogen-bond donors (Lipinski definition) is 3. The topological polar surface area (TPSA) is 149 Å². The molecule has 3 aromatic rings. The Hall–Kier alpha value is -4.46. The van der Waals surface area contributed by atoms with Crippen LogP contribution in [0, 0.1) is 0 Å². The van der Waals surface area contributed by atoms with Crippen LogP contribution in [0.1, 0.15) is 19.6 Å². The van der Waals surface area contributed by atoms with Crippen LogP contribution >= 0.6 is 23.2 Å². The van der Waals surface area contributed by atoms with Crippen LogP contribution in [0.5, 0.6) is 11.5 Å². The maximum atomic E-state index is 13.8. The van der Waals surface area contributed by atoms with Gasteiger partial charge in [0.05, 0.1) is 42.3 Å². The fourth-order valence-electron chi connectivity index (χ4n) is 4.42. The standard InChI is InChI=1S/C27H28Cl2N6O7/c1-27(2)24(35(39)25(37)31-16-7-9-21(40-3)19(28)12-16)34(17-8-10-22(41-4)20(29)13-17)26(38)33(27)15-23(36)32-30-14-18-6-5-11-42-18/h5-14,24,39H,15H2,1-4H3,(H,31,37)(H,32,36)/b30-14+. The quantitative estimate of drug-likeness (QED) is 0.173. The molecule has 2 heterocycles. The minimum atomic E-state index is -1.33. The molecule has 1 saturated heterocycles. The Morgan fingerprint density at radius 2 is 1.79 bits per heavy atom. The number of nitrogens with one attached hydrogen (secondary N) is 2. The van der Waals surface area contributed by atoms with Crippen LogP contribution in [0.15, 0.2) is 64.3 Å². The van der Waals surface area contributed by atoms with Crippen LogP contribution in [0.2, 0.25) is 10.0 Å². The van der Waals surface area contributed by atoms with Crippen molar-refractivity contribution >= 4 is 58.8 Å². The van der Waals surface area contributed by atoms with Crippen molar-refractivity contribution in [1.29, 1.82) is 0 Å². The maximum absolute atomic E-state index is 13.8. The van der Waals surface area contributed by atoms with Crippen LogP contribution < -0.4 is 25.1 Å². The first-order valence-electron chi connectivity index (χ1n) is 12.4. The second-order valence-electron chi connectivity index (χ2n) is 9.52. The average Bonchev–Trinajstić information content (AvgIpc) is 3.53. The Balaban J connectivity index is 1.63. The van der Waals surface area contributed by atoms with Crippen LogP contribution in [0.25, 0.3) is 0 Å². The first-order valence-corrected chi connectivity index (χ1v) is 13.2. The normalized spacial score (nSPS) is 16.1. The van der Waals surface area contributed by atoms with Gasteiger partial charge in [-0.3, -0.25) is 14.9 Å². The molecule has 0 bridgehead atoms. The first kappa shape index (κ1) is 30.5. The van der Waals surface area contributed by atoms with E-state index in [1.54, 1.807) is 32.0 Å². The Bertz CT molecular complexity index is 1500. The Morgan fingerprint density at radius 3 is 2.38 bits per heavy atom. The molecule has 1 fully saturated rings. The molecule has 1 aromatic heterocycles. The van der Waals surface area contributed by atoms with E-state index < -0.39 is 36.2 Å². The number of carbonyl (C=O) groups excluding carboxylic acids is 3. The number of urea groups is 2. The molecule has 1 atom stereocenters. The average molecular weight is 619 g/mol. The van der Waals surface area contributed by atoms with Gasteiger partial charge in [-0.1, -0.05) is 23.2 Å². The molecular formula is C27H28Cl2N6O7. The number of benzene rings is 2. The van der Waals surface area contributed by atoms with E-state index in [9.17, 15) is 19.6 Å². The summed E-state index contributed by atoms with van der Waals surface area (Å²) in [6.07, 6.45) is 1.42. The zero-order valence-corrected chi connectivity index (χ0v) is 24.5. The van der Waals surface area contributed by atoms with Crippen LogP contribution in [-0.2, 0) is 4.79 Å². The number of methoxy groups -OCH3 is 2. The second kappa shape index (κ2) is 12.6. The lowest BCUT2D eigenvalue weighted by Crippen LogP contribution is -2.58. The van der Waals surface area contributed by atoms with Gasteiger partial charge in [-0.05, 0) is 62.4 Å². The molecule has 42 heavy (non-hydrogen) atoms. The fraction of sp³-hybridized carbons (Fsp3) is 0.259. The molecule has 15 heteroatoms. The predicted molar refractivity (Wildman–Crippen MR) is 156 cm³/mol. The van der Waals surface area contributed by atoms with Crippen molar-refractivity contribution < 1.29 is 33.5 Å². The van der Waals surface area contributed by atoms with Crippen LogP contribution in [-0.4, -0.2) is 71.8 Å². The van der Waals surface area contributed by atoms with E-state index in [2.05, 4.69) is 15.8 Å². The summed E-state index contributed by atoms with van der Waals surface area (Å²) in [6, 6.07) is 10.7. The van der Waals surface area contributed by atoms with E-state index in [0.717, 1.165) is 4.90 Å². The third-order valence-electron chi connectivity index (χ3n) is 6.49. The Labute approximate surface area is 251 Å². The molecule has 13 nitrogen and oxygen atoms in total. The summed E-state index contributed by atoms with van der Waals surface area (Å²) in [5, 5.41) is 18.4. The Morgan fingerprint density at radius 1 is 1.12 bits per heavy atom. The number of hydroxylamine groups is 2. The molecule has 1 aliphatic heterocycles. The fourth-order valence-corrected chi connectivity index (χ4v) is 4.93. The summed E-state index contributed by atoms with van der Waals surface area (Å²) in [4.78, 5) is 42.3. The van der Waals surface area contributed by atoms with Crippen molar-refractivity contribution in [3.8, 4) is 11.5 Å². The maximum Gasteiger partial charge on any atom is 0.347 e. The van der Waals surface area contributed by atoms with Gasteiger partial charge in [0.15, 0.2) is 6.17 Å². The van der Waals surface area contributed by atoms with Gasteiger partial charge in [0.1, 0.15) is 23.8 Å². The molecule has 222 valence electrons. The molecule has 2 aromatic carbocycles. The van der Waals surface area contributed by atoms with Gasteiger partial charge in [0.2, 0.25) is 0 Å². The van der Waals surface area contributed by atoms with E-state index in [4.69, 9.17) is 37.1 Å². The van der Waals surface area contributed by atoms with E-state index in [-0.39, 0.29) is 21.4 Å². The van der Waals surface area contributed by atoms with Gasteiger partial charge in [0.25, 0.3) is 5.91 Å². The smallest absolute Gasteiger partial charge is 0.347 e. The number of anilines is 2. The largest absolute Gasteiger partial charge is 0.495 e. The highest BCUT2D eigenvalue weighted by molar-refractivity contribution is 6.32. The van der Waals surface area contributed by atoms with Crippen molar-refractivity contribution in [2.75, 3.05) is 31.0 Å². The zero-order valence-electron chi connectivity index (χ0n) is 23.0. The van der Waals surface area contributed by atoms with Gasteiger partial charge in [-0.15, -0.1) is 0 Å². The van der Waals surface area contributed by atoms with E-state index >= 15 is 0 Å². The van der Waals surface area contributed by atoms with Crippen molar-refractivity contribution in [2.45, 2.75) is 25.6 Å². The number of amides is 5. The second-order valence-corrected chi connectivity index (χ2v) is 10.3. The van der Waals surface area contributed by atoms with Gasteiger partial charge in [-0.25, -0.2) is 15.0 Å². The number of rotatable bonds is 9. The lowest BCUT2D eigenvalue weighted by molar-refractivity contribution is -0.124. The van der Waals surface area contributed by atoms with E-state index in [1.807, 2.05) is 0 Å². The summed E-state index contributed by atoms with van der Waals surface area (Å²) in [6.45, 7) is 2.74. The first-order chi connectivity index (χ1) is 20.0. The molecule has 0 saturated carbocycles. The van der Waals surface area contributed by atoms with Gasteiger partial charge < -0.3 is 24.1 Å². The Kier molecular flexibility index (Phi) is 9.14. The number of furan rings is 1. The number of carbonyl (C=O) groups is 3. The number of hydrogen-bond acceptors (Lipinski definition) is 8. The monoisotopic (exact) mass is 618 g/mol. The lowest BCUT2D eigenvalue weighted by atomic mass is 9.99. The summed E-state index contributed by atoms with van der Waals surface area (Å²) in [5.74, 6) is 0.525. The molecule has 0 aliphatic carbocycles. The van der Waals surface area contributed by atoms with E-state index in [0.29, 0.717) is 22.3 Å². The SMILES string of the molecule is COc1ccc(NC(=O)N(O)C2N(c3ccc(OC)c(Cl)c3)C(=O)N(CC(=O)N/N=C/c3ccco3)C2(C)C)cc1Cl. The highest BCUT2D eigenvalue weighted by Gasteiger charge is 2.56. The van der Waals surface area contributed by atoms with Crippen molar-refractivity contribution in [2.24, 2.45) is 5.10 Å². The van der Waals surface area contributed by atoms with Gasteiger partial charge in [0, 0.05) is 11.4 Å². The molecule has 1 unspecified atom stereocenters. The van der Waals surface area contributed by atoms with Gasteiger partial charge >= 0.3 is 12.1 Å². The summed E-state index contributed by atoms with van der Waals surface area (Å²) >= 11 is 12.5. The molecule has 0 radical (unpaired) electrons. The number of nitrogens with zero attached hydrogens (tertiary/aromatic N) is 4. The minimum Gasteiger partial charge on any atom is -0.495 e. The predicted octanol–water partition coefficient (Wildman–Crippen LogP) is 5.02. The van der Waals surface area contributed by atoms with Crippen molar-refractivity contribution in [3.05, 3.63) is 70.6 Å². The highest BCUT2D eigenvalue weighted by atomic mass is 35.5. The summed E-state index contributed by atoms with van der Waals surface area (Å²) < 4.78 is 15.5. The summed E-state index contributed by atoms with van der Waals surface area (Å²) in [5.41, 5.74) is 1.52.